The van der Waals surface area contributed by atoms with Gasteiger partial charge in [0.15, 0.2) is 12.9 Å². The number of phenols is 2. The van der Waals surface area contributed by atoms with Gasteiger partial charge in [0.1, 0.15) is 28.7 Å². The number of carbonyl (C=O) groups excluding carboxylic acids is 3. The number of benzene rings is 3. The first-order chi connectivity index (χ1) is 29.6. The molecule has 62 heavy (non-hydrogen) atoms. The summed E-state index contributed by atoms with van der Waals surface area (Å²) in [5.74, 6) is -0.810. The number of methoxy groups -OCH3 is 1. The fourth-order valence-electron chi connectivity index (χ4n) is 8.20. The Bertz CT molecular complexity index is 2850. The maximum absolute atomic E-state index is 13.8. The Morgan fingerprint density at radius 2 is 1.84 bits per heavy atom. The number of amides is 3. The summed E-state index contributed by atoms with van der Waals surface area (Å²) in [6.45, 7) is 8.05. The smallest absolute Gasteiger partial charge is 0.325 e. The zero-order chi connectivity index (χ0) is 44.6. The van der Waals surface area contributed by atoms with E-state index in [0.29, 0.717) is 53.2 Å². The number of ether oxygens (including phenoxy) is 2. The molecule has 16 heteroatoms. The number of nitrogens with zero attached hydrogens (tertiary/aromatic N) is 4. The molecule has 0 aliphatic carbocycles. The molecule has 7 rings (SSSR count). The monoisotopic (exact) mass is 843 g/mol. The molecule has 1 aliphatic rings. The van der Waals surface area contributed by atoms with Crippen molar-refractivity contribution in [2.75, 3.05) is 25.2 Å². The van der Waals surface area contributed by atoms with E-state index in [1.807, 2.05) is 43.7 Å². The molecule has 3 amide bonds. The molecule has 4 heterocycles. The molecular weight excluding hydrogens is 795 g/mol. The molecule has 3 aromatic carbocycles. The number of phenolic OH excluding ortho intramolecular Hbond substituents is 2. The Labute approximate surface area is 356 Å². The van der Waals surface area contributed by atoms with Gasteiger partial charge >= 0.3 is 6.03 Å². The molecule has 3 aromatic heterocycles. The molecule has 0 fully saturated rings. The van der Waals surface area contributed by atoms with Crippen molar-refractivity contribution in [3.05, 3.63) is 111 Å². The highest BCUT2D eigenvalue weighted by Gasteiger charge is 2.35. The quantitative estimate of drug-likeness (QED) is 0.0429. The van der Waals surface area contributed by atoms with E-state index < -0.39 is 11.6 Å². The number of aryl methyl sites for hydroxylation is 1. The normalized spacial score (nSPS) is 12.9. The Morgan fingerprint density at radius 3 is 2.52 bits per heavy atom. The van der Waals surface area contributed by atoms with Gasteiger partial charge in [0.2, 0.25) is 0 Å². The van der Waals surface area contributed by atoms with Gasteiger partial charge in [0, 0.05) is 65.4 Å². The molecule has 1 unspecified atom stereocenters. The molecule has 0 radical (unpaired) electrons. The lowest BCUT2D eigenvalue weighted by atomic mass is 9.89. The number of urea groups is 1. The number of anilines is 1. The van der Waals surface area contributed by atoms with E-state index in [-0.39, 0.29) is 84.1 Å². The molecule has 0 saturated heterocycles. The van der Waals surface area contributed by atoms with Crippen LogP contribution in [0, 0.1) is 5.41 Å². The third-order valence-electron chi connectivity index (χ3n) is 11.5. The van der Waals surface area contributed by atoms with Gasteiger partial charge < -0.3 is 45.0 Å². The number of aliphatic hydroxyl groups is 1. The van der Waals surface area contributed by atoms with Crippen LogP contribution in [0.2, 0.25) is 0 Å². The van der Waals surface area contributed by atoms with Crippen molar-refractivity contribution in [3.8, 4) is 28.6 Å². The van der Waals surface area contributed by atoms with Crippen LogP contribution in [-0.4, -0.2) is 73.8 Å². The highest BCUT2D eigenvalue weighted by molar-refractivity contribution is 6.22. The second-order valence-electron chi connectivity index (χ2n) is 15.6. The van der Waals surface area contributed by atoms with Crippen LogP contribution in [0.4, 0.5) is 10.5 Å². The maximum Gasteiger partial charge on any atom is 0.325 e. The lowest BCUT2D eigenvalue weighted by Crippen LogP contribution is -2.41. The van der Waals surface area contributed by atoms with E-state index in [9.17, 15) is 34.5 Å². The topological polar surface area (TPSA) is 235 Å². The minimum absolute atomic E-state index is 0.0384. The summed E-state index contributed by atoms with van der Waals surface area (Å²) in [5, 5.41) is 45.3. The second kappa shape index (κ2) is 17.1. The van der Waals surface area contributed by atoms with Crippen LogP contribution in [0.1, 0.15) is 73.4 Å². The number of amidine groups is 1. The van der Waals surface area contributed by atoms with Crippen LogP contribution in [0.5, 0.6) is 17.2 Å². The SMILES string of the molecule is CCc1c2c(nc3ccc(OCC(=O)NCCn4ccc5cc(N(C(=N)c6cc(C(C)C)c(O)cc6O)C(N)=O)ccc54)cc13)-c1cc(C(O)(C=O)CC)c(COC)c(=O)n1C2. The summed E-state index contributed by atoms with van der Waals surface area (Å²) in [6, 6.07) is 15.7. The average Bonchev–Trinajstić information content (AvgIpc) is 3.83. The molecule has 1 aliphatic heterocycles. The van der Waals surface area contributed by atoms with Crippen molar-refractivity contribution in [1.29, 1.82) is 5.41 Å². The lowest BCUT2D eigenvalue weighted by molar-refractivity contribution is -0.125. The van der Waals surface area contributed by atoms with Gasteiger partial charge in [0.25, 0.3) is 11.5 Å². The van der Waals surface area contributed by atoms with Gasteiger partial charge in [-0.2, -0.15) is 0 Å². The molecular formula is C46H49N7O9. The van der Waals surface area contributed by atoms with Crippen molar-refractivity contribution in [2.24, 2.45) is 5.73 Å². The number of hydrogen-bond acceptors (Lipinski definition) is 11. The average molecular weight is 844 g/mol. The van der Waals surface area contributed by atoms with Crippen molar-refractivity contribution in [2.45, 2.75) is 71.8 Å². The van der Waals surface area contributed by atoms with E-state index in [1.54, 1.807) is 47.9 Å². The van der Waals surface area contributed by atoms with Crippen LogP contribution in [-0.2, 0) is 46.0 Å². The predicted octanol–water partition coefficient (Wildman–Crippen LogP) is 5.53. The van der Waals surface area contributed by atoms with Crippen LogP contribution < -0.4 is 26.2 Å². The second-order valence-corrected chi connectivity index (χ2v) is 15.6. The first kappa shape index (κ1) is 43.1. The van der Waals surface area contributed by atoms with Crippen LogP contribution >= 0.6 is 0 Å². The number of aromatic hydroxyl groups is 2. The Kier molecular flexibility index (Phi) is 11.9. The van der Waals surface area contributed by atoms with E-state index in [2.05, 4.69) is 5.32 Å². The van der Waals surface area contributed by atoms with Gasteiger partial charge in [-0.05, 0) is 84.5 Å². The molecule has 0 bridgehead atoms. The number of primary amides is 1. The number of nitrogens with one attached hydrogen (secondary N) is 2. The lowest BCUT2D eigenvalue weighted by Gasteiger charge is -2.24. The first-order valence-electron chi connectivity index (χ1n) is 20.3. The van der Waals surface area contributed by atoms with E-state index in [4.69, 9.17) is 25.6 Å². The summed E-state index contributed by atoms with van der Waals surface area (Å²) < 4.78 is 14.8. The van der Waals surface area contributed by atoms with Crippen LogP contribution in [0.15, 0.2) is 71.7 Å². The summed E-state index contributed by atoms with van der Waals surface area (Å²) in [6.07, 6.45) is 2.99. The minimum Gasteiger partial charge on any atom is -0.508 e. The molecule has 322 valence electrons. The predicted molar refractivity (Wildman–Crippen MR) is 234 cm³/mol. The Morgan fingerprint density at radius 1 is 1.06 bits per heavy atom. The van der Waals surface area contributed by atoms with Gasteiger partial charge in [0.05, 0.1) is 41.3 Å². The largest absolute Gasteiger partial charge is 0.508 e. The minimum atomic E-state index is -1.86. The molecule has 16 nitrogen and oxygen atoms in total. The van der Waals surface area contributed by atoms with E-state index >= 15 is 0 Å². The Hall–Kier alpha value is -7.04. The highest BCUT2D eigenvalue weighted by Crippen LogP contribution is 2.39. The summed E-state index contributed by atoms with van der Waals surface area (Å²) >= 11 is 0. The molecule has 0 spiro atoms. The number of carbonyl (C=O) groups is 3. The van der Waals surface area contributed by atoms with E-state index in [0.717, 1.165) is 38.4 Å². The third-order valence-corrected chi connectivity index (χ3v) is 11.5. The number of hydrogen-bond donors (Lipinski definition) is 6. The highest BCUT2D eigenvalue weighted by atomic mass is 16.5. The third kappa shape index (κ3) is 7.74. The fraction of sp³-hybridized carbons (Fsp3) is 0.304. The molecule has 6 aromatic rings. The number of pyridine rings is 2. The summed E-state index contributed by atoms with van der Waals surface area (Å²) in [4.78, 5) is 57.4. The van der Waals surface area contributed by atoms with Crippen LogP contribution in [0.25, 0.3) is 33.2 Å². The van der Waals surface area contributed by atoms with Crippen molar-refractivity contribution >= 4 is 51.6 Å². The fourth-order valence-corrected chi connectivity index (χ4v) is 8.20. The van der Waals surface area contributed by atoms with Crippen molar-refractivity contribution in [3.63, 3.8) is 0 Å². The summed E-state index contributed by atoms with van der Waals surface area (Å²) in [7, 11) is 1.45. The zero-order valence-electron chi connectivity index (χ0n) is 35.1. The standard InChI is InChI=1S/C46H49N7O9/c1-6-29-31-17-28(9-10-36(31)50-42-33(29)21-52-38(42)19-35(46(60,7-2)24-54)34(22-61-5)44(52)58)62-23-41(57)49-13-15-51-14-12-26-16-27(8-11-37(26)51)53(45(48)59)43(47)32-18-30(25(3)4)39(55)20-40(32)56/h8-12,14,16-20,24-25,47,55-56,60H,6-7,13,15,21-23H2,1-5H3,(H2,48,59)(H,49,57). The van der Waals surface area contributed by atoms with Gasteiger partial charge in [-0.15, -0.1) is 0 Å². The number of nitrogens with two attached hydrogens (primary N) is 1. The first-order valence-corrected chi connectivity index (χ1v) is 20.3. The summed E-state index contributed by atoms with van der Waals surface area (Å²) in [5.41, 5.74) is 9.19. The Balaban J connectivity index is 1.02. The molecule has 1 atom stereocenters. The molecule has 0 saturated carbocycles. The number of rotatable bonds is 15. The van der Waals surface area contributed by atoms with Crippen LogP contribution in [0.3, 0.4) is 0 Å². The molecule has 7 N–H and O–H groups in total. The number of aldehydes is 1. The number of aromatic nitrogens is 3. The number of fused-ring (bicyclic) bond motifs is 5. The van der Waals surface area contributed by atoms with Crippen molar-refractivity contribution < 1.29 is 39.2 Å². The van der Waals surface area contributed by atoms with Crippen molar-refractivity contribution in [1.82, 2.24) is 19.4 Å². The van der Waals surface area contributed by atoms with Gasteiger partial charge in [-0.3, -0.25) is 19.8 Å². The zero-order valence-corrected chi connectivity index (χ0v) is 35.1. The van der Waals surface area contributed by atoms with E-state index in [1.165, 1.54) is 13.2 Å². The van der Waals surface area contributed by atoms with Gasteiger partial charge in [-0.1, -0.05) is 27.7 Å². The van der Waals surface area contributed by atoms with Gasteiger partial charge in [-0.25, -0.2) is 14.7 Å². The maximum atomic E-state index is 13.8.